The fourth-order valence-electron chi connectivity index (χ4n) is 3.16. The van der Waals surface area contributed by atoms with Gasteiger partial charge in [0, 0.05) is 23.9 Å². The third-order valence-corrected chi connectivity index (χ3v) is 5.66. The molecule has 3 aromatic rings. The standard InChI is InChI=1S/C23H20BrClFNO4/c1-28-22-9-14(12-27-17-4-5-20-21(11-17)30-7-6-29-20)8-18(24)23(22)31-13-15-2-3-16(26)10-19(15)25/h2-5,8-11,27H,6-7,12-13H2,1H3. The number of hydrogen-bond donors (Lipinski definition) is 1. The fourth-order valence-corrected chi connectivity index (χ4v) is 3.99. The smallest absolute Gasteiger partial charge is 0.175 e. The summed E-state index contributed by atoms with van der Waals surface area (Å²) in [6.07, 6.45) is 0. The van der Waals surface area contributed by atoms with Crippen molar-refractivity contribution >= 4 is 33.2 Å². The first-order valence-corrected chi connectivity index (χ1v) is 10.8. The second-order valence-corrected chi connectivity index (χ2v) is 8.11. The second kappa shape index (κ2) is 9.66. The number of nitrogens with one attached hydrogen (secondary N) is 1. The normalized spacial score (nSPS) is 12.4. The first-order chi connectivity index (χ1) is 15.0. The van der Waals surface area contributed by atoms with Crippen molar-refractivity contribution in [1.29, 1.82) is 0 Å². The molecule has 1 aliphatic heterocycles. The minimum atomic E-state index is -0.387. The third kappa shape index (κ3) is 5.17. The molecule has 0 unspecified atom stereocenters. The molecule has 8 heteroatoms. The quantitative estimate of drug-likeness (QED) is 0.411. The number of rotatable bonds is 7. The van der Waals surface area contributed by atoms with Crippen LogP contribution in [0.15, 0.2) is 53.0 Å². The SMILES string of the molecule is COc1cc(CNc2ccc3c(c2)OCCO3)cc(Br)c1OCc1ccc(F)cc1Cl. The maximum Gasteiger partial charge on any atom is 0.175 e. The number of benzene rings is 3. The monoisotopic (exact) mass is 507 g/mol. The zero-order valence-electron chi connectivity index (χ0n) is 16.7. The van der Waals surface area contributed by atoms with Gasteiger partial charge in [0.15, 0.2) is 23.0 Å². The molecule has 3 aromatic carbocycles. The lowest BCUT2D eigenvalue weighted by atomic mass is 10.2. The summed E-state index contributed by atoms with van der Waals surface area (Å²) in [6.45, 7) is 1.86. The molecular weight excluding hydrogens is 489 g/mol. The van der Waals surface area contributed by atoms with Crippen molar-refractivity contribution in [2.24, 2.45) is 0 Å². The number of fused-ring (bicyclic) bond motifs is 1. The molecule has 5 nitrogen and oxygen atoms in total. The minimum absolute atomic E-state index is 0.183. The van der Waals surface area contributed by atoms with E-state index in [1.165, 1.54) is 12.1 Å². The molecule has 1 N–H and O–H groups in total. The molecular formula is C23H20BrClFNO4. The molecule has 0 spiro atoms. The predicted octanol–water partition coefficient (Wildman–Crippen LogP) is 6.21. The summed E-state index contributed by atoms with van der Waals surface area (Å²) in [5.74, 6) is 2.22. The van der Waals surface area contributed by atoms with Gasteiger partial charge in [0.1, 0.15) is 25.6 Å². The first kappa shape index (κ1) is 21.6. The van der Waals surface area contributed by atoms with Crippen molar-refractivity contribution in [3.63, 3.8) is 0 Å². The second-order valence-electron chi connectivity index (χ2n) is 6.85. The van der Waals surface area contributed by atoms with Crippen LogP contribution in [-0.4, -0.2) is 20.3 Å². The predicted molar refractivity (Wildman–Crippen MR) is 121 cm³/mol. The van der Waals surface area contributed by atoms with E-state index in [1.54, 1.807) is 13.2 Å². The highest BCUT2D eigenvalue weighted by molar-refractivity contribution is 9.10. The van der Waals surface area contributed by atoms with Crippen LogP contribution >= 0.6 is 27.5 Å². The van der Waals surface area contributed by atoms with E-state index in [9.17, 15) is 4.39 Å². The molecule has 0 saturated carbocycles. The zero-order chi connectivity index (χ0) is 21.8. The topological polar surface area (TPSA) is 49.0 Å². The summed E-state index contributed by atoms with van der Waals surface area (Å²) < 4.78 is 36.6. The molecule has 1 aliphatic rings. The van der Waals surface area contributed by atoms with Gasteiger partial charge in [0.05, 0.1) is 16.6 Å². The van der Waals surface area contributed by atoms with Crippen LogP contribution in [0.3, 0.4) is 0 Å². The Morgan fingerprint density at radius 1 is 1.06 bits per heavy atom. The van der Waals surface area contributed by atoms with E-state index in [-0.39, 0.29) is 12.4 Å². The lowest BCUT2D eigenvalue weighted by molar-refractivity contribution is 0.171. The number of methoxy groups -OCH3 is 1. The maximum absolute atomic E-state index is 13.2. The number of halogens is 3. The van der Waals surface area contributed by atoms with Gasteiger partial charge >= 0.3 is 0 Å². The molecule has 31 heavy (non-hydrogen) atoms. The van der Waals surface area contributed by atoms with Gasteiger partial charge in [-0.2, -0.15) is 0 Å². The average Bonchev–Trinajstić information content (AvgIpc) is 2.77. The van der Waals surface area contributed by atoms with Gasteiger partial charge in [0.2, 0.25) is 0 Å². The van der Waals surface area contributed by atoms with Crippen molar-refractivity contribution in [3.8, 4) is 23.0 Å². The van der Waals surface area contributed by atoms with E-state index in [2.05, 4.69) is 21.2 Å². The zero-order valence-corrected chi connectivity index (χ0v) is 19.1. The van der Waals surface area contributed by atoms with E-state index < -0.39 is 0 Å². The largest absolute Gasteiger partial charge is 0.493 e. The minimum Gasteiger partial charge on any atom is -0.493 e. The molecule has 0 aromatic heterocycles. The van der Waals surface area contributed by atoms with Gasteiger partial charge in [-0.25, -0.2) is 4.39 Å². The van der Waals surface area contributed by atoms with Gasteiger partial charge < -0.3 is 24.3 Å². The van der Waals surface area contributed by atoms with Crippen LogP contribution < -0.4 is 24.3 Å². The molecule has 0 amide bonds. The fraction of sp³-hybridized carbons (Fsp3) is 0.217. The Morgan fingerprint density at radius 3 is 2.65 bits per heavy atom. The number of ether oxygens (including phenoxy) is 4. The van der Waals surface area contributed by atoms with Crippen molar-refractivity contribution < 1.29 is 23.3 Å². The van der Waals surface area contributed by atoms with E-state index in [0.29, 0.717) is 41.8 Å². The summed E-state index contributed by atoms with van der Waals surface area (Å²) in [4.78, 5) is 0. The highest BCUT2D eigenvalue weighted by atomic mass is 79.9. The lowest BCUT2D eigenvalue weighted by Crippen LogP contribution is -2.15. The van der Waals surface area contributed by atoms with Gasteiger partial charge in [-0.05, 0) is 57.9 Å². The van der Waals surface area contributed by atoms with Gasteiger partial charge in [0.25, 0.3) is 0 Å². The molecule has 162 valence electrons. The molecule has 0 atom stereocenters. The van der Waals surface area contributed by atoms with Gasteiger partial charge in [-0.3, -0.25) is 0 Å². The summed E-state index contributed by atoms with van der Waals surface area (Å²) in [7, 11) is 1.58. The molecule has 0 aliphatic carbocycles. The van der Waals surface area contributed by atoms with Crippen LogP contribution in [0.25, 0.3) is 0 Å². The third-order valence-electron chi connectivity index (χ3n) is 4.72. The Hall–Kier alpha value is -2.64. The Bertz CT molecular complexity index is 1100. The van der Waals surface area contributed by atoms with Gasteiger partial charge in [-0.1, -0.05) is 17.7 Å². The lowest BCUT2D eigenvalue weighted by Gasteiger charge is -2.19. The highest BCUT2D eigenvalue weighted by Crippen LogP contribution is 2.38. The number of hydrogen-bond acceptors (Lipinski definition) is 5. The summed E-state index contributed by atoms with van der Waals surface area (Å²) in [6, 6.07) is 13.8. The number of anilines is 1. The summed E-state index contributed by atoms with van der Waals surface area (Å²) in [5, 5.41) is 3.69. The highest BCUT2D eigenvalue weighted by Gasteiger charge is 2.14. The summed E-state index contributed by atoms with van der Waals surface area (Å²) in [5.41, 5.74) is 2.60. The Morgan fingerprint density at radius 2 is 1.87 bits per heavy atom. The van der Waals surface area contributed by atoms with E-state index in [1.807, 2.05) is 30.3 Å². The Kier molecular flexibility index (Phi) is 6.73. The van der Waals surface area contributed by atoms with Crippen molar-refractivity contribution in [2.45, 2.75) is 13.2 Å². The molecule has 0 fully saturated rings. The van der Waals surface area contributed by atoms with Crippen molar-refractivity contribution in [3.05, 3.63) is 75.0 Å². The van der Waals surface area contributed by atoms with Crippen LogP contribution in [0, 0.1) is 5.82 Å². The van der Waals surface area contributed by atoms with E-state index in [4.69, 9.17) is 30.5 Å². The van der Waals surface area contributed by atoms with Crippen molar-refractivity contribution in [2.75, 3.05) is 25.6 Å². The van der Waals surface area contributed by atoms with E-state index >= 15 is 0 Å². The molecule has 0 saturated heterocycles. The van der Waals surface area contributed by atoms with Crippen LogP contribution in [-0.2, 0) is 13.2 Å². The maximum atomic E-state index is 13.2. The molecule has 0 bridgehead atoms. The first-order valence-electron chi connectivity index (χ1n) is 9.60. The molecule has 4 rings (SSSR count). The average molecular weight is 509 g/mol. The van der Waals surface area contributed by atoms with Crippen molar-refractivity contribution in [1.82, 2.24) is 0 Å². The van der Waals surface area contributed by atoms with Crippen LogP contribution in [0.2, 0.25) is 5.02 Å². The van der Waals surface area contributed by atoms with Crippen LogP contribution in [0.5, 0.6) is 23.0 Å². The molecule has 1 heterocycles. The van der Waals surface area contributed by atoms with Gasteiger partial charge in [-0.15, -0.1) is 0 Å². The molecule has 0 radical (unpaired) electrons. The Labute approximate surface area is 193 Å². The Balaban J connectivity index is 1.45. The van der Waals surface area contributed by atoms with Crippen LogP contribution in [0.4, 0.5) is 10.1 Å². The summed E-state index contributed by atoms with van der Waals surface area (Å²) >= 11 is 9.65. The van der Waals surface area contributed by atoms with E-state index in [0.717, 1.165) is 27.2 Å². The van der Waals surface area contributed by atoms with Crippen LogP contribution in [0.1, 0.15) is 11.1 Å².